The third-order valence-electron chi connectivity index (χ3n) is 6.26. The maximum absolute atomic E-state index is 13.2. The Kier molecular flexibility index (Phi) is 5.88. The van der Waals surface area contributed by atoms with Gasteiger partial charge in [-0.25, -0.2) is 14.1 Å². The van der Waals surface area contributed by atoms with Crippen LogP contribution >= 0.6 is 0 Å². The number of halogens is 1. The maximum Gasteiger partial charge on any atom is 0.264 e. The number of hydrogen-bond acceptors (Lipinski definition) is 4. The molecule has 2 atom stereocenters. The summed E-state index contributed by atoms with van der Waals surface area (Å²) < 4.78 is 16.3. The fourth-order valence-corrected chi connectivity index (χ4v) is 5.11. The zero-order valence-corrected chi connectivity index (χ0v) is 19.1. The number of benzene rings is 1. The Morgan fingerprint density at radius 2 is 1.97 bits per heavy atom. The van der Waals surface area contributed by atoms with Crippen molar-refractivity contribution in [3.05, 3.63) is 52.5 Å². The first kappa shape index (κ1) is 22.2. The lowest BCUT2D eigenvalue weighted by atomic mass is 9.70. The van der Waals surface area contributed by atoms with E-state index in [2.05, 4.69) is 36.2 Å². The number of rotatable bonds is 5. The largest absolute Gasteiger partial charge is 0.353 e. The Labute approximate surface area is 186 Å². The van der Waals surface area contributed by atoms with E-state index >= 15 is 0 Å². The molecule has 1 N–H and O–H groups in total. The number of hydrogen-bond donors (Lipinski definition) is 1. The van der Waals surface area contributed by atoms with Crippen molar-refractivity contribution in [2.45, 2.75) is 66.0 Å². The van der Waals surface area contributed by atoms with Crippen molar-refractivity contribution in [1.29, 1.82) is 0 Å². The van der Waals surface area contributed by atoms with Gasteiger partial charge in [-0.2, -0.15) is 5.10 Å². The van der Waals surface area contributed by atoms with Crippen LogP contribution in [-0.4, -0.2) is 31.3 Å². The minimum absolute atomic E-state index is 0.0479. The molecule has 1 aliphatic rings. The molecule has 8 heteroatoms. The molecule has 2 unspecified atom stereocenters. The van der Waals surface area contributed by atoms with Crippen LogP contribution in [0.3, 0.4) is 0 Å². The number of nitrogens with zero attached hydrogens (tertiary/aromatic N) is 4. The van der Waals surface area contributed by atoms with Crippen molar-refractivity contribution < 1.29 is 9.18 Å². The number of amides is 1. The number of nitrogens with one attached hydrogen (secondary N) is 1. The average Bonchev–Trinajstić information content (AvgIpc) is 3.10. The van der Waals surface area contributed by atoms with E-state index in [1.807, 2.05) is 0 Å². The maximum atomic E-state index is 13.2. The van der Waals surface area contributed by atoms with E-state index in [0.717, 1.165) is 12.8 Å². The number of carbonyl (C=O) groups is 1. The van der Waals surface area contributed by atoms with Crippen LogP contribution < -0.4 is 10.9 Å². The molecule has 4 rings (SSSR count). The van der Waals surface area contributed by atoms with Crippen LogP contribution in [0.1, 0.15) is 52.3 Å². The monoisotopic (exact) mass is 439 g/mol. The molecule has 1 aliphatic carbocycles. The van der Waals surface area contributed by atoms with E-state index in [-0.39, 0.29) is 41.7 Å². The summed E-state index contributed by atoms with van der Waals surface area (Å²) in [6.45, 7) is 8.73. The van der Waals surface area contributed by atoms with E-state index in [1.165, 1.54) is 34.0 Å². The van der Waals surface area contributed by atoms with Gasteiger partial charge in [0.15, 0.2) is 5.65 Å². The Bertz CT molecular complexity index is 1200. The number of aryl methyl sites for hydroxylation is 1. The van der Waals surface area contributed by atoms with Crippen LogP contribution in [0.2, 0.25) is 0 Å². The third-order valence-corrected chi connectivity index (χ3v) is 6.26. The Hall–Kier alpha value is -3.03. The molecular formula is C24H30FN5O2. The number of fused-ring (bicyclic) bond motifs is 1. The molecule has 1 fully saturated rings. The van der Waals surface area contributed by atoms with Crippen molar-refractivity contribution >= 4 is 16.9 Å². The van der Waals surface area contributed by atoms with Crippen LogP contribution in [0.5, 0.6) is 0 Å². The fourth-order valence-electron chi connectivity index (χ4n) is 5.11. The van der Waals surface area contributed by atoms with E-state index in [9.17, 15) is 14.0 Å². The summed E-state index contributed by atoms with van der Waals surface area (Å²) in [4.78, 5) is 30.2. The number of aromatic nitrogens is 4. The molecule has 0 saturated heterocycles. The standard InChI is InChI=1S/C24H30FN5O2/c1-15-11-18(13-24(3,4)12-15)28-21(31)9-10-29-16(2)27-22-20(23(29)32)14-26-30(22)19-7-5-17(25)6-8-19/h5-8,14-15,18H,9-13H2,1-4H3,(H,28,31). The minimum Gasteiger partial charge on any atom is -0.353 e. The second-order valence-electron chi connectivity index (χ2n) is 9.81. The molecule has 0 aliphatic heterocycles. The van der Waals surface area contributed by atoms with Gasteiger partial charge in [-0.1, -0.05) is 20.8 Å². The van der Waals surface area contributed by atoms with Gasteiger partial charge in [0, 0.05) is 19.0 Å². The predicted molar refractivity (Wildman–Crippen MR) is 121 cm³/mol. The van der Waals surface area contributed by atoms with Gasteiger partial charge in [-0.15, -0.1) is 0 Å². The molecule has 0 radical (unpaired) electrons. The van der Waals surface area contributed by atoms with Crippen molar-refractivity contribution in [2.24, 2.45) is 11.3 Å². The van der Waals surface area contributed by atoms with Crippen molar-refractivity contribution in [1.82, 2.24) is 24.6 Å². The molecule has 170 valence electrons. The molecule has 3 aromatic rings. The van der Waals surface area contributed by atoms with Gasteiger partial charge in [-0.05, 0) is 61.8 Å². The van der Waals surface area contributed by atoms with Gasteiger partial charge in [0.1, 0.15) is 17.0 Å². The fraction of sp³-hybridized carbons (Fsp3) is 0.500. The van der Waals surface area contributed by atoms with Gasteiger partial charge in [0.05, 0.1) is 11.9 Å². The van der Waals surface area contributed by atoms with Gasteiger partial charge in [-0.3, -0.25) is 14.2 Å². The quantitative estimate of drug-likeness (QED) is 0.656. The SMILES string of the molecule is Cc1nc2c(cnn2-c2ccc(F)cc2)c(=O)n1CCC(=O)NC1CC(C)CC(C)(C)C1. The lowest BCUT2D eigenvalue weighted by Gasteiger charge is -2.39. The lowest BCUT2D eigenvalue weighted by Crippen LogP contribution is -2.43. The Morgan fingerprint density at radius 1 is 1.25 bits per heavy atom. The molecule has 32 heavy (non-hydrogen) atoms. The lowest BCUT2D eigenvalue weighted by molar-refractivity contribution is -0.122. The first-order chi connectivity index (χ1) is 15.1. The molecule has 1 aromatic carbocycles. The summed E-state index contributed by atoms with van der Waals surface area (Å²) in [5.74, 6) is 0.694. The van der Waals surface area contributed by atoms with Crippen LogP contribution in [0.25, 0.3) is 16.7 Å². The van der Waals surface area contributed by atoms with E-state index in [4.69, 9.17) is 0 Å². The summed E-state index contributed by atoms with van der Waals surface area (Å²) >= 11 is 0. The predicted octanol–water partition coefficient (Wildman–Crippen LogP) is 3.75. The normalized spacial score (nSPS) is 20.4. The molecule has 1 saturated carbocycles. The summed E-state index contributed by atoms with van der Waals surface area (Å²) in [5.41, 5.74) is 1.02. The Balaban J connectivity index is 1.50. The first-order valence-corrected chi connectivity index (χ1v) is 11.1. The highest BCUT2D eigenvalue weighted by molar-refractivity contribution is 5.77. The van der Waals surface area contributed by atoms with E-state index < -0.39 is 0 Å². The minimum atomic E-state index is -0.346. The number of carbonyl (C=O) groups excluding carboxylic acids is 1. The van der Waals surface area contributed by atoms with Crippen molar-refractivity contribution in [2.75, 3.05) is 0 Å². The second kappa shape index (κ2) is 8.48. The zero-order chi connectivity index (χ0) is 23.0. The van der Waals surface area contributed by atoms with Gasteiger partial charge in [0.2, 0.25) is 5.91 Å². The molecule has 1 amide bonds. The highest BCUT2D eigenvalue weighted by Gasteiger charge is 2.32. The summed E-state index contributed by atoms with van der Waals surface area (Å²) in [5, 5.41) is 7.79. The van der Waals surface area contributed by atoms with Crippen LogP contribution in [0, 0.1) is 24.1 Å². The molecule has 2 aromatic heterocycles. The molecule has 7 nitrogen and oxygen atoms in total. The van der Waals surface area contributed by atoms with Gasteiger partial charge < -0.3 is 5.32 Å². The highest BCUT2D eigenvalue weighted by Crippen LogP contribution is 2.38. The second-order valence-corrected chi connectivity index (χ2v) is 9.81. The van der Waals surface area contributed by atoms with Crippen LogP contribution in [-0.2, 0) is 11.3 Å². The smallest absolute Gasteiger partial charge is 0.264 e. The van der Waals surface area contributed by atoms with Crippen LogP contribution in [0.15, 0.2) is 35.3 Å². The summed E-state index contributed by atoms with van der Waals surface area (Å²) in [6, 6.07) is 6.02. The molecule has 2 heterocycles. The van der Waals surface area contributed by atoms with E-state index in [0.29, 0.717) is 28.5 Å². The zero-order valence-electron chi connectivity index (χ0n) is 19.1. The first-order valence-electron chi connectivity index (χ1n) is 11.1. The van der Waals surface area contributed by atoms with Crippen molar-refractivity contribution in [3.8, 4) is 5.69 Å². The molecule has 0 bridgehead atoms. The van der Waals surface area contributed by atoms with Gasteiger partial charge in [0.25, 0.3) is 5.56 Å². The summed E-state index contributed by atoms with van der Waals surface area (Å²) in [7, 11) is 0. The van der Waals surface area contributed by atoms with Crippen molar-refractivity contribution in [3.63, 3.8) is 0 Å². The Morgan fingerprint density at radius 3 is 2.66 bits per heavy atom. The van der Waals surface area contributed by atoms with Crippen LogP contribution in [0.4, 0.5) is 4.39 Å². The third kappa shape index (κ3) is 4.59. The van der Waals surface area contributed by atoms with Gasteiger partial charge >= 0.3 is 0 Å². The van der Waals surface area contributed by atoms with E-state index in [1.54, 1.807) is 19.1 Å². The average molecular weight is 440 g/mol. The summed E-state index contributed by atoms with van der Waals surface area (Å²) in [6.07, 6.45) is 4.81. The molecule has 0 spiro atoms. The topological polar surface area (TPSA) is 81.8 Å². The molecular weight excluding hydrogens is 409 g/mol. The highest BCUT2D eigenvalue weighted by atomic mass is 19.1.